The fourth-order valence-electron chi connectivity index (χ4n) is 2.52. The number of carboxylic acid groups (broad SMARTS) is 1. The van der Waals surface area contributed by atoms with Crippen LogP contribution in [0, 0.1) is 5.92 Å². The molecule has 0 aromatic heterocycles. The Morgan fingerprint density at radius 2 is 2.00 bits per heavy atom. The molecule has 3 N–H and O–H groups in total. The molecule has 0 amide bonds. The predicted octanol–water partition coefficient (Wildman–Crippen LogP) is 2.15. The molecule has 0 saturated heterocycles. The van der Waals surface area contributed by atoms with Crippen molar-refractivity contribution in [1.82, 2.24) is 0 Å². The Balaban J connectivity index is 2.61. The van der Waals surface area contributed by atoms with Crippen molar-refractivity contribution in [3.05, 3.63) is 0 Å². The van der Waals surface area contributed by atoms with E-state index >= 15 is 0 Å². The molecule has 1 aliphatic rings. The minimum Gasteiger partial charge on any atom is -0.481 e. The molecule has 0 aliphatic heterocycles. The molecule has 0 bridgehead atoms. The van der Waals surface area contributed by atoms with Crippen molar-refractivity contribution in [2.75, 3.05) is 0 Å². The van der Waals surface area contributed by atoms with Crippen molar-refractivity contribution in [3.8, 4) is 0 Å². The van der Waals surface area contributed by atoms with E-state index in [4.69, 9.17) is 10.8 Å². The van der Waals surface area contributed by atoms with Gasteiger partial charge in [-0.3, -0.25) is 4.79 Å². The van der Waals surface area contributed by atoms with E-state index in [1.165, 1.54) is 19.3 Å². The molecule has 1 unspecified atom stereocenters. The van der Waals surface area contributed by atoms with Gasteiger partial charge in [-0.15, -0.1) is 0 Å². The number of nitrogens with two attached hydrogens (primary N) is 1. The lowest BCUT2D eigenvalue weighted by molar-refractivity contribution is -0.139. The van der Waals surface area contributed by atoms with Gasteiger partial charge in [-0.05, 0) is 25.2 Å². The van der Waals surface area contributed by atoms with Gasteiger partial charge in [-0.2, -0.15) is 0 Å². The minimum atomic E-state index is -0.764. The Morgan fingerprint density at radius 1 is 1.43 bits per heavy atom. The SMILES string of the molecule is CCC(N)(CC(=O)O)C1CCCCC1. The molecule has 3 nitrogen and oxygen atoms in total. The van der Waals surface area contributed by atoms with Crippen molar-refractivity contribution in [1.29, 1.82) is 0 Å². The van der Waals surface area contributed by atoms with Crippen molar-refractivity contribution in [2.24, 2.45) is 11.7 Å². The Hall–Kier alpha value is -0.570. The molecule has 1 saturated carbocycles. The summed E-state index contributed by atoms with van der Waals surface area (Å²) in [5.41, 5.74) is 5.73. The van der Waals surface area contributed by atoms with Gasteiger partial charge in [0.25, 0.3) is 0 Å². The third kappa shape index (κ3) is 2.71. The molecular formula is C11H21NO2. The van der Waals surface area contributed by atoms with Crippen LogP contribution in [0.1, 0.15) is 51.9 Å². The van der Waals surface area contributed by atoms with E-state index in [0.29, 0.717) is 5.92 Å². The van der Waals surface area contributed by atoms with Gasteiger partial charge in [0, 0.05) is 5.54 Å². The van der Waals surface area contributed by atoms with Crippen LogP contribution in [0.2, 0.25) is 0 Å². The molecular weight excluding hydrogens is 178 g/mol. The highest BCUT2D eigenvalue weighted by molar-refractivity contribution is 5.68. The van der Waals surface area contributed by atoms with Crippen molar-refractivity contribution < 1.29 is 9.90 Å². The molecule has 0 aromatic carbocycles. The summed E-state index contributed by atoms with van der Waals surface area (Å²) >= 11 is 0. The van der Waals surface area contributed by atoms with Crippen LogP contribution < -0.4 is 5.73 Å². The largest absolute Gasteiger partial charge is 0.481 e. The van der Waals surface area contributed by atoms with E-state index in [1.807, 2.05) is 6.92 Å². The number of aliphatic carboxylic acids is 1. The molecule has 1 aliphatic carbocycles. The normalized spacial score (nSPS) is 23.0. The highest BCUT2D eigenvalue weighted by atomic mass is 16.4. The van der Waals surface area contributed by atoms with Gasteiger partial charge in [0.05, 0.1) is 6.42 Å². The molecule has 82 valence electrons. The van der Waals surface area contributed by atoms with Gasteiger partial charge in [0.15, 0.2) is 0 Å². The zero-order valence-electron chi connectivity index (χ0n) is 8.96. The summed E-state index contributed by atoms with van der Waals surface area (Å²) in [7, 11) is 0. The van der Waals surface area contributed by atoms with Gasteiger partial charge >= 0.3 is 5.97 Å². The van der Waals surface area contributed by atoms with Crippen molar-refractivity contribution in [2.45, 2.75) is 57.4 Å². The maximum absolute atomic E-state index is 10.7. The average molecular weight is 199 g/mol. The van der Waals surface area contributed by atoms with Crippen LogP contribution in [0.3, 0.4) is 0 Å². The van der Waals surface area contributed by atoms with E-state index in [-0.39, 0.29) is 6.42 Å². The molecule has 1 fully saturated rings. The van der Waals surface area contributed by atoms with Crippen LogP contribution in [0.4, 0.5) is 0 Å². The second-order valence-corrected chi connectivity index (χ2v) is 4.49. The van der Waals surface area contributed by atoms with E-state index < -0.39 is 11.5 Å². The standard InChI is InChI=1S/C11H21NO2/c1-2-11(12,8-10(13)14)9-6-4-3-5-7-9/h9H,2-8,12H2,1H3,(H,13,14). The van der Waals surface area contributed by atoms with Crippen LogP contribution in [0.15, 0.2) is 0 Å². The second-order valence-electron chi connectivity index (χ2n) is 4.49. The Labute approximate surface area is 85.7 Å². The lowest BCUT2D eigenvalue weighted by Crippen LogP contribution is -2.49. The smallest absolute Gasteiger partial charge is 0.305 e. The fourth-order valence-corrected chi connectivity index (χ4v) is 2.52. The number of carbonyl (C=O) groups is 1. The Bertz CT molecular complexity index is 199. The van der Waals surface area contributed by atoms with Crippen molar-refractivity contribution >= 4 is 5.97 Å². The van der Waals surface area contributed by atoms with Gasteiger partial charge in [0.2, 0.25) is 0 Å². The molecule has 0 heterocycles. The first-order valence-electron chi connectivity index (χ1n) is 5.59. The fraction of sp³-hybridized carbons (Fsp3) is 0.909. The van der Waals surface area contributed by atoms with Crippen LogP contribution >= 0.6 is 0 Å². The summed E-state index contributed by atoms with van der Waals surface area (Å²) < 4.78 is 0. The summed E-state index contributed by atoms with van der Waals surface area (Å²) in [5.74, 6) is -0.350. The summed E-state index contributed by atoms with van der Waals surface area (Å²) in [6.45, 7) is 2.00. The zero-order chi connectivity index (χ0) is 10.6. The zero-order valence-corrected chi connectivity index (χ0v) is 8.96. The predicted molar refractivity (Wildman–Crippen MR) is 56.0 cm³/mol. The molecule has 0 spiro atoms. The Kier molecular flexibility index (Phi) is 3.93. The minimum absolute atomic E-state index is 0.119. The highest BCUT2D eigenvalue weighted by Gasteiger charge is 2.35. The number of carboxylic acids is 1. The summed E-state index contributed by atoms with van der Waals surface area (Å²) in [6.07, 6.45) is 6.81. The monoisotopic (exact) mass is 199 g/mol. The van der Waals surface area contributed by atoms with Gasteiger partial charge in [-0.25, -0.2) is 0 Å². The third-order valence-electron chi connectivity index (χ3n) is 3.56. The number of rotatable bonds is 4. The van der Waals surface area contributed by atoms with Crippen LogP contribution in [0.25, 0.3) is 0 Å². The topological polar surface area (TPSA) is 63.3 Å². The number of hydrogen-bond acceptors (Lipinski definition) is 2. The van der Waals surface area contributed by atoms with E-state index in [0.717, 1.165) is 19.3 Å². The molecule has 3 heteroatoms. The molecule has 1 rings (SSSR count). The maximum atomic E-state index is 10.7. The highest BCUT2D eigenvalue weighted by Crippen LogP contribution is 2.35. The maximum Gasteiger partial charge on any atom is 0.305 e. The first-order chi connectivity index (χ1) is 6.58. The lowest BCUT2D eigenvalue weighted by Gasteiger charge is -2.38. The van der Waals surface area contributed by atoms with Crippen LogP contribution in [-0.4, -0.2) is 16.6 Å². The first kappa shape index (κ1) is 11.5. The Morgan fingerprint density at radius 3 is 2.43 bits per heavy atom. The summed E-state index contributed by atoms with van der Waals surface area (Å²) in [6, 6.07) is 0. The molecule has 1 atom stereocenters. The first-order valence-corrected chi connectivity index (χ1v) is 5.59. The van der Waals surface area contributed by atoms with Crippen molar-refractivity contribution in [3.63, 3.8) is 0 Å². The lowest BCUT2D eigenvalue weighted by atomic mass is 9.72. The van der Waals surface area contributed by atoms with Gasteiger partial charge in [-0.1, -0.05) is 26.2 Å². The number of hydrogen-bond donors (Lipinski definition) is 2. The van der Waals surface area contributed by atoms with E-state index in [9.17, 15) is 4.79 Å². The molecule has 0 aromatic rings. The molecule has 0 radical (unpaired) electrons. The van der Waals surface area contributed by atoms with Crippen LogP contribution in [0.5, 0.6) is 0 Å². The quantitative estimate of drug-likeness (QED) is 0.729. The van der Waals surface area contributed by atoms with E-state index in [2.05, 4.69) is 0 Å². The average Bonchev–Trinajstić information content (AvgIpc) is 2.18. The van der Waals surface area contributed by atoms with E-state index in [1.54, 1.807) is 0 Å². The van der Waals surface area contributed by atoms with Gasteiger partial charge < -0.3 is 10.8 Å². The molecule has 14 heavy (non-hydrogen) atoms. The summed E-state index contributed by atoms with van der Waals surface area (Å²) in [5, 5.41) is 8.83. The van der Waals surface area contributed by atoms with Crippen LogP contribution in [-0.2, 0) is 4.79 Å². The third-order valence-corrected chi connectivity index (χ3v) is 3.56. The summed E-state index contributed by atoms with van der Waals surface area (Å²) in [4.78, 5) is 10.7. The second kappa shape index (κ2) is 4.78. The van der Waals surface area contributed by atoms with Gasteiger partial charge in [0.1, 0.15) is 0 Å².